The summed E-state index contributed by atoms with van der Waals surface area (Å²) in [6.07, 6.45) is 0. The molecule has 0 atom stereocenters. The van der Waals surface area contributed by atoms with E-state index in [4.69, 9.17) is 0 Å². The van der Waals surface area contributed by atoms with Crippen LogP contribution >= 0.6 is 23.5 Å². The predicted molar refractivity (Wildman–Crippen MR) is 287 cm³/mol. The Balaban J connectivity index is 0.984. The first-order valence-electron chi connectivity index (χ1n) is 23.0. The Morgan fingerprint density at radius 2 is 0.627 bits per heavy atom. The van der Waals surface area contributed by atoms with Gasteiger partial charge >= 0.3 is 0 Å². The lowest BCUT2D eigenvalue weighted by Crippen LogP contribution is -2.58. The zero-order chi connectivity index (χ0) is 43.7. The molecule has 4 heterocycles. The first-order chi connectivity index (χ1) is 33.2. The monoisotopic (exact) mass is 884 g/mol. The van der Waals surface area contributed by atoms with Crippen LogP contribution in [0.2, 0.25) is 0 Å². The van der Waals surface area contributed by atoms with Crippen molar-refractivity contribution in [2.45, 2.75) is 19.6 Å². The van der Waals surface area contributed by atoms with Gasteiger partial charge in [-0.1, -0.05) is 198 Å². The minimum Gasteiger partial charge on any atom is -0.309 e. The highest BCUT2D eigenvalue weighted by Gasteiger charge is 2.39. The molecule has 2 aromatic heterocycles. The highest BCUT2D eigenvalue weighted by molar-refractivity contribution is 8.01. The number of fused-ring (bicyclic) bond motifs is 12. The van der Waals surface area contributed by atoms with E-state index in [1.54, 1.807) is 0 Å². The van der Waals surface area contributed by atoms with Crippen molar-refractivity contribution in [1.82, 2.24) is 9.13 Å². The summed E-state index contributed by atoms with van der Waals surface area (Å²) in [5, 5.41) is 10.2. The van der Waals surface area contributed by atoms with Crippen molar-refractivity contribution in [3.8, 4) is 33.6 Å². The summed E-state index contributed by atoms with van der Waals surface area (Å²) < 4.78 is 4.91. The normalized spacial score (nSPS) is 12.9. The van der Waals surface area contributed by atoms with Gasteiger partial charge in [0, 0.05) is 52.5 Å². The maximum Gasteiger partial charge on any atom is 0.247 e. The van der Waals surface area contributed by atoms with Crippen LogP contribution in [0, 0.1) is 0 Å². The third-order valence-electron chi connectivity index (χ3n) is 14.4. The van der Waals surface area contributed by atoms with Crippen LogP contribution in [0.15, 0.2) is 244 Å². The zero-order valence-electron chi connectivity index (χ0n) is 36.2. The van der Waals surface area contributed by atoms with E-state index in [1.165, 1.54) is 135 Å². The minimum atomic E-state index is 0.0832. The van der Waals surface area contributed by atoms with Gasteiger partial charge in [-0.05, 0) is 110 Å². The van der Waals surface area contributed by atoms with E-state index < -0.39 is 0 Å². The molecule has 0 N–H and O–H groups in total. The topological polar surface area (TPSA) is 9.86 Å². The molecule has 0 spiro atoms. The smallest absolute Gasteiger partial charge is 0.247 e. The van der Waals surface area contributed by atoms with Crippen LogP contribution in [0.1, 0.15) is 0 Å². The van der Waals surface area contributed by atoms with Crippen LogP contribution in [0.5, 0.6) is 0 Å². The van der Waals surface area contributed by atoms with E-state index in [1.807, 2.05) is 23.5 Å². The molecule has 310 valence electrons. The standard InChI is InChI=1S/C62H37BN2S2/c1-2-16-38(17-3-1)60-46-22-4-6-24-48(46)61(49-25-7-5-23-47(49)60)39-34-58-62-59(35-39)67-57-37-41(65-54-28-14-10-20-44(54)45-21-11-15-29-55(45)65)31-33-51(57)63(62)50-32-30-40(36-56(50)66-58)64-52-26-12-8-18-42(52)43-19-9-13-27-53(43)64/h1-37H. The van der Waals surface area contributed by atoms with Gasteiger partial charge in [-0.25, -0.2) is 0 Å². The van der Waals surface area contributed by atoms with Crippen molar-refractivity contribution in [1.29, 1.82) is 0 Å². The van der Waals surface area contributed by atoms with E-state index in [0.717, 1.165) is 0 Å². The number of hydrogen-bond acceptors (Lipinski definition) is 2. The SMILES string of the molecule is c1ccc(-c2c3ccccc3c(-c3cc4c5c(c3)Sc3cc(-n6c7ccccc7c7ccccc76)ccc3B5c3ccc(-n5c6ccccc6c6ccccc65)cc3S4)c3ccccc23)cc1. The minimum absolute atomic E-state index is 0.0832. The van der Waals surface area contributed by atoms with Crippen molar-refractivity contribution < 1.29 is 0 Å². The van der Waals surface area contributed by atoms with E-state index in [9.17, 15) is 0 Å². The molecule has 2 aliphatic heterocycles. The van der Waals surface area contributed by atoms with Gasteiger partial charge in [-0.3, -0.25) is 0 Å². The van der Waals surface area contributed by atoms with Crippen molar-refractivity contribution in [2.24, 2.45) is 0 Å². The first kappa shape index (κ1) is 37.5. The van der Waals surface area contributed by atoms with Gasteiger partial charge < -0.3 is 9.13 Å². The van der Waals surface area contributed by atoms with E-state index in [0.29, 0.717) is 0 Å². The van der Waals surface area contributed by atoms with E-state index in [2.05, 4.69) is 234 Å². The Kier molecular flexibility index (Phi) is 8.06. The fourth-order valence-electron chi connectivity index (χ4n) is 11.6. The Morgan fingerprint density at radius 3 is 1.03 bits per heavy atom. The summed E-state index contributed by atoms with van der Waals surface area (Å²) in [4.78, 5) is 5.26. The Morgan fingerprint density at radius 1 is 0.284 bits per heavy atom. The predicted octanol–water partition coefficient (Wildman–Crippen LogP) is 15.0. The largest absolute Gasteiger partial charge is 0.309 e. The molecular weight excluding hydrogens is 848 g/mol. The Hall–Kier alpha value is -7.70. The van der Waals surface area contributed by atoms with E-state index >= 15 is 0 Å². The van der Waals surface area contributed by atoms with Crippen molar-refractivity contribution in [3.63, 3.8) is 0 Å². The quantitative estimate of drug-likeness (QED) is 0.129. The zero-order valence-corrected chi connectivity index (χ0v) is 37.8. The van der Waals surface area contributed by atoms with Crippen molar-refractivity contribution in [2.75, 3.05) is 0 Å². The summed E-state index contributed by atoms with van der Waals surface area (Å²) >= 11 is 3.88. The Labute approximate surface area is 396 Å². The summed E-state index contributed by atoms with van der Waals surface area (Å²) in [6.45, 7) is 0.0832. The van der Waals surface area contributed by atoms with Gasteiger partial charge in [0.15, 0.2) is 0 Å². The Bertz CT molecular complexity index is 3890. The molecule has 67 heavy (non-hydrogen) atoms. The van der Waals surface area contributed by atoms with Gasteiger partial charge in [-0.2, -0.15) is 0 Å². The molecule has 0 amide bonds. The lowest BCUT2D eigenvalue weighted by molar-refractivity contribution is 1.16. The van der Waals surface area contributed by atoms with Crippen molar-refractivity contribution in [3.05, 3.63) is 224 Å². The first-order valence-corrected chi connectivity index (χ1v) is 24.7. The highest BCUT2D eigenvalue weighted by atomic mass is 32.2. The number of nitrogens with zero attached hydrogens (tertiary/aromatic N) is 2. The molecule has 0 unspecified atom stereocenters. The molecule has 0 saturated carbocycles. The molecule has 2 aliphatic rings. The summed E-state index contributed by atoms with van der Waals surface area (Å²) in [7, 11) is 0. The van der Waals surface area contributed by atoms with Crippen LogP contribution in [0.4, 0.5) is 0 Å². The lowest BCUT2D eigenvalue weighted by atomic mass is 9.36. The molecule has 0 bridgehead atoms. The second kappa shape index (κ2) is 14.4. The van der Waals surface area contributed by atoms with Gasteiger partial charge in [0.1, 0.15) is 0 Å². The van der Waals surface area contributed by atoms with Gasteiger partial charge in [0.25, 0.3) is 0 Å². The fraction of sp³-hybridized carbons (Fsp3) is 0. The molecule has 2 nitrogen and oxygen atoms in total. The molecule has 0 fully saturated rings. The number of benzene rings is 11. The second-order valence-electron chi connectivity index (χ2n) is 17.9. The lowest BCUT2D eigenvalue weighted by Gasteiger charge is -2.34. The van der Waals surface area contributed by atoms with E-state index in [-0.39, 0.29) is 6.71 Å². The molecule has 0 saturated heterocycles. The van der Waals surface area contributed by atoms with Crippen LogP contribution < -0.4 is 16.4 Å². The number of aromatic nitrogens is 2. The van der Waals surface area contributed by atoms with Crippen LogP contribution in [-0.2, 0) is 0 Å². The number of para-hydroxylation sites is 4. The second-order valence-corrected chi connectivity index (χ2v) is 20.1. The molecule has 0 radical (unpaired) electrons. The van der Waals surface area contributed by atoms with Crippen LogP contribution in [0.25, 0.3) is 98.8 Å². The average Bonchev–Trinajstić information content (AvgIpc) is 3.91. The van der Waals surface area contributed by atoms with Gasteiger partial charge in [0.2, 0.25) is 6.71 Å². The van der Waals surface area contributed by atoms with Crippen LogP contribution in [0.3, 0.4) is 0 Å². The third-order valence-corrected chi connectivity index (χ3v) is 16.7. The fourth-order valence-corrected chi connectivity index (χ4v) is 14.2. The maximum absolute atomic E-state index is 2.51. The third kappa shape index (κ3) is 5.44. The molecule has 11 aromatic carbocycles. The maximum atomic E-state index is 2.51. The van der Waals surface area contributed by atoms with Crippen molar-refractivity contribution >= 4 is 112 Å². The molecule has 13 aromatic rings. The average molecular weight is 885 g/mol. The number of hydrogen-bond donors (Lipinski definition) is 0. The highest BCUT2D eigenvalue weighted by Crippen LogP contribution is 2.48. The summed E-state index contributed by atoms with van der Waals surface area (Å²) in [6, 6.07) is 83.8. The molecule has 15 rings (SSSR count). The molecular formula is C62H37BN2S2. The molecule has 5 heteroatoms. The molecule has 0 aliphatic carbocycles. The summed E-state index contributed by atoms with van der Waals surface area (Å²) in [5.74, 6) is 0. The number of rotatable bonds is 4. The summed E-state index contributed by atoms with van der Waals surface area (Å²) in [5.41, 5.74) is 16.5. The van der Waals surface area contributed by atoms with Gasteiger partial charge in [-0.15, -0.1) is 0 Å². The van der Waals surface area contributed by atoms with Gasteiger partial charge in [0.05, 0.1) is 22.1 Å². The van der Waals surface area contributed by atoms with Crippen LogP contribution in [-0.4, -0.2) is 15.8 Å².